The molecule has 0 bridgehead atoms. The zero-order chi connectivity index (χ0) is 13.2. The van der Waals surface area contributed by atoms with Crippen LogP contribution < -0.4 is 0 Å². The van der Waals surface area contributed by atoms with E-state index < -0.39 is 0 Å². The fraction of sp³-hybridized carbons (Fsp3) is 0.125. The molecule has 0 unspecified atom stereocenters. The SMILES string of the molecule is Cc1ccc(-c2nnc(-c3cccc(C)c3)o2)cc1. The molecule has 0 saturated carbocycles. The number of aryl methyl sites for hydroxylation is 2. The van der Waals surface area contributed by atoms with E-state index in [0.29, 0.717) is 11.8 Å². The van der Waals surface area contributed by atoms with E-state index in [0.717, 1.165) is 11.1 Å². The van der Waals surface area contributed by atoms with E-state index in [1.807, 2.05) is 55.5 Å². The second kappa shape index (κ2) is 4.69. The van der Waals surface area contributed by atoms with Gasteiger partial charge in [-0.3, -0.25) is 0 Å². The largest absolute Gasteiger partial charge is 0.416 e. The molecule has 3 rings (SSSR count). The highest BCUT2D eigenvalue weighted by molar-refractivity contribution is 5.58. The number of nitrogens with zero attached hydrogens (tertiary/aromatic N) is 2. The van der Waals surface area contributed by atoms with E-state index in [4.69, 9.17) is 4.42 Å². The fourth-order valence-corrected chi connectivity index (χ4v) is 1.93. The monoisotopic (exact) mass is 250 g/mol. The van der Waals surface area contributed by atoms with E-state index in [1.54, 1.807) is 0 Å². The van der Waals surface area contributed by atoms with E-state index in [2.05, 4.69) is 17.1 Å². The van der Waals surface area contributed by atoms with Crippen molar-refractivity contribution in [1.82, 2.24) is 10.2 Å². The molecular weight excluding hydrogens is 236 g/mol. The van der Waals surface area contributed by atoms with Crippen LogP contribution in [0.2, 0.25) is 0 Å². The molecule has 0 N–H and O–H groups in total. The second-order valence-corrected chi connectivity index (χ2v) is 4.65. The maximum absolute atomic E-state index is 5.73. The summed E-state index contributed by atoms with van der Waals surface area (Å²) in [7, 11) is 0. The van der Waals surface area contributed by atoms with Gasteiger partial charge in [-0.2, -0.15) is 0 Å². The van der Waals surface area contributed by atoms with Crippen LogP contribution in [0.4, 0.5) is 0 Å². The van der Waals surface area contributed by atoms with Gasteiger partial charge >= 0.3 is 0 Å². The lowest BCUT2D eigenvalue weighted by molar-refractivity contribution is 0.584. The molecule has 3 nitrogen and oxygen atoms in total. The Morgan fingerprint density at radius 3 is 2.11 bits per heavy atom. The smallest absolute Gasteiger partial charge is 0.248 e. The van der Waals surface area contributed by atoms with Crippen molar-refractivity contribution >= 4 is 0 Å². The van der Waals surface area contributed by atoms with Crippen molar-refractivity contribution in [3.05, 3.63) is 59.7 Å². The topological polar surface area (TPSA) is 38.9 Å². The van der Waals surface area contributed by atoms with E-state index in [-0.39, 0.29) is 0 Å². The highest BCUT2D eigenvalue weighted by atomic mass is 16.4. The Morgan fingerprint density at radius 1 is 0.737 bits per heavy atom. The third kappa shape index (κ3) is 2.40. The first kappa shape index (κ1) is 11.7. The molecule has 0 spiro atoms. The zero-order valence-corrected chi connectivity index (χ0v) is 10.9. The maximum atomic E-state index is 5.73. The van der Waals surface area contributed by atoms with Crippen LogP contribution >= 0.6 is 0 Å². The van der Waals surface area contributed by atoms with Crippen molar-refractivity contribution < 1.29 is 4.42 Å². The van der Waals surface area contributed by atoms with Gasteiger partial charge in [-0.25, -0.2) is 0 Å². The maximum Gasteiger partial charge on any atom is 0.248 e. The van der Waals surface area contributed by atoms with Crippen LogP contribution in [0.15, 0.2) is 52.9 Å². The van der Waals surface area contributed by atoms with Gasteiger partial charge in [0.15, 0.2) is 0 Å². The first-order chi connectivity index (χ1) is 9.22. The van der Waals surface area contributed by atoms with Gasteiger partial charge in [0.1, 0.15) is 0 Å². The number of benzene rings is 2. The molecule has 3 aromatic rings. The molecule has 0 atom stereocenters. The average molecular weight is 250 g/mol. The minimum Gasteiger partial charge on any atom is -0.416 e. The van der Waals surface area contributed by atoms with Crippen molar-refractivity contribution in [2.45, 2.75) is 13.8 Å². The quantitative estimate of drug-likeness (QED) is 0.689. The molecule has 0 saturated heterocycles. The molecular formula is C16H14N2O. The molecule has 19 heavy (non-hydrogen) atoms. The van der Waals surface area contributed by atoms with Gasteiger partial charge in [0.25, 0.3) is 0 Å². The first-order valence-electron chi connectivity index (χ1n) is 6.20. The number of hydrogen-bond acceptors (Lipinski definition) is 3. The van der Waals surface area contributed by atoms with Crippen molar-refractivity contribution in [2.75, 3.05) is 0 Å². The van der Waals surface area contributed by atoms with Crippen LogP contribution in [-0.4, -0.2) is 10.2 Å². The van der Waals surface area contributed by atoms with Crippen LogP contribution in [0.25, 0.3) is 22.9 Å². The number of rotatable bonds is 2. The number of aromatic nitrogens is 2. The lowest BCUT2D eigenvalue weighted by Crippen LogP contribution is -1.78. The van der Waals surface area contributed by atoms with E-state index in [9.17, 15) is 0 Å². The van der Waals surface area contributed by atoms with Gasteiger partial charge < -0.3 is 4.42 Å². The van der Waals surface area contributed by atoms with Gasteiger partial charge in [-0.1, -0.05) is 35.4 Å². The summed E-state index contributed by atoms with van der Waals surface area (Å²) in [5.74, 6) is 1.11. The Bertz CT molecular complexity index is 699. The van der Waals surface area contributed by atoms with Crippen molar-refractivity contribution in [3.8, 4) is 22.9 Å². The summed E-state index contributed by atoms with van der Waals surface area (Å²) >= 11 is 0. The fourth-order valence-electron chi connectivity index (χ4n) is 1.93. The lowest BCUT2D eigenvalue weighted by atomic mass is 10.1. The van der Waals surface area contributed by atoms with Gasteiger partial charge in [0.05, 0.1) is 0 Å². The van der Waals surface area contributed by atoms with Gasteiger partial charge in [-0.05, 0) is 38.1 Å². The third-order valence-corrected chi connectivity index (χ3v) is 2.99. The molecule has 1 aromatic heterocycles. The summed E-state index contributed by atoms with van der Waals surface area (Å²) in [6, 6.07) is 16.1. The lowest BCUT2D eigenvalue weighted by Gasteiger charge is -1.97. The Labute approximate surface area is 111 Å². The molecule has 0 aliphatic rings. The Hall–Kier alpha value is -2.42. The number of hydrogen-bond donors (Lipinski definition) is 0. The van der Waals surface area contributed by atoms with Crippen molar-refractivity contribution in [1.29, 1.82) is 0 Å². The predicted molar refractivity (Wildman–Crippen MR) is 74.6 cm³/mol. The summed E-state index contributed by atoms with van der Waals surface area (Å²) in [6.45, 7) is 4.09. The van der Waals surface area contributed by atoms with Crippen LogP contribution in [0.3, 0.4) is 0 Å². The average Bonchev–Trinajstić information content (AvgIpc) is 2.89. The molecule has 0 aliphatic heterocycles. The van der Waals surface area contributed by atoms with Crippen LogP contribution in [0.1, 0.15) is 11.1 Å². The van der Waals surface area contributed by atoms with E-state index in [1.165, 1.54) is 11.1 Å². The van der Waals surface area contributed by atoms with Gasteiger partial charge in [-0.15, -0.1) is 10.2 Å². The summed E-state index contributed by atoms with van der Waals surface area (Å²) in [6.07, 6.45) is 0. The molecule has 0 fully saturated rings. The summed E-state index contributed by atoms with van der Waals surface area (Å²) in [5.41, 5.74) is 4.28. The van der Waals surface area contributed by atoms with Gasteiger partial charge in [0.2, 0.25) is 11.8 Å². The molecule has 94 valence electrons. The first-order valence-corrected chi connectivity index (χ1v) is 6.20. The van der Waals surface area contributed by atoms with E-state index >= 15 is 0 Å². The predicted octanol–water partition coefficient (Wildman–Crippen LogP) is 4.02. The molecule has 1 heterocycles. The molecule has 0 radical (unpaired) electrons. The zero-order valence-electron chi connectivity index (χ0n) is 10.9. The molecule has 0 aliphatic carbocycles. The summed E-state index contributed by atoms with van der Waals surface area (Å²) in [4.78, 5) is 0. The van der Waals surface area contributed by atoms with Crippen molar-refractivity contribution in [2.24, 2.45) is 0 Å². The Balaban J connectivity index is 1.97. The standard InChI is InChI=1S/C16H14N2O/c1-11-6-8-13(9-7-11)15-17-18-16(19-15)14-5-3-4-12(2)10-14/h3-10H,1-2H3. The summed E-state index contributed by atoms with van der Waals surface area (Å²) in [5, 5.41) is 8.22. The van der Waals surface area contributed by atoms with Crippen LogP contribution in [0, 0.1) is 13.8 Å². The van der Waals surface area contributed by atoms with Crippen LogP contribution in [0.5, 0.6) is 0 Å². The molecule has 0 amide bonds. The van der Waals surface area contributed by atoms with Crippen LogP contribution in [-0.2, 0) is 0 Å². The minimum atomic E-state index is 0.552. The normalized spacial score (nSPS) is 10.6. The highest BCUT2D eigenvalue weighted by Crippen LogP contribution is 2.24. The third-order valence-electron chi connectivity index (χ3n) is 2.99. The Morgan fingerprint density at radius 2 is 1.42 bits per heavy atom. The van der Waals surface area contributed by atoms with Gasteiger partial charge in [0, 0.05) is 11.1 Å². The molecule has 3 heteroatoms. The highest BCUT2D eigenvalue weighted by Gasteiger charge is 2.10. The summed E-state index contributed by atoms with van der Waals surface area (Å²) < 4.78 is 5.73. The molecule has 2 aromatic carbocycles. The minimum absolute atomic E-state index is 0.552. The second-order valence-electron chi connectivity index (χ2n) is 4.65. The Kier molecular flexibility index (Phi) is 2.88. The van der Waals surface area contributed by atoms with Crippen molar-refractivity contribution in [3.63, 3.8) is 0 Å².